The highest BCUT2D eigenvalue weighted by molar-refractivity contribution is 7.99. The first-order valence-electron chi connectivity index (χ1n) is 8.72. The summed E-state index contributed by atoms with van der Waals surface area (Å²) in [5.41, 5.74) is 0.171. The van der Waals surface area contributed by atoms with Gasteiger partial charge < -0.3 is 14.8 Å². The Morgan fingerprint density at radius 1 is 1.38 bits per heavy atom. The summed E-state index contributed by atoms with van der Waals surface area (Å²) in [6, 6.07) is 0.487. The number of methoxy groups -OCH3 is 1. The minimum Gasteiger partial charge on any atom is -0.380 e. The first-order chi connectivity index (χ1) is 10.2. The quantitative estimate of drug-likeness (QED) is 0.743. The first-order valence-corrected chi connectivity index (χ1v) is 9.88. The van der Waals surface area contributed by atoms with Crippen LogP contribution in [0.4, 0.5) is 0 Å². The van der Waals surface area contributed by atoms with Crippen LogP contribution in [0, 0.1) is 5.92 Å². The van der Waals surface area contributed by atoms with E-state index in [1.165, 1.54) is 43.6 Å². The van der Waals surface area contributed by atoms with E-state index in [1.807, 2.05) is 7.11 Å². The molecule has 2 heterocycles. The summed E-state index contributed by atoms with van der Waals surface area (Å²) in [7, 11) is 1.88. The second kappa shape index (κ2) is 8.76. The van der Waals surface area contributed by atoms with Crippen LogP contribution in [0.5, 0.6) is 0 Å². The van der Waals surface area contributed by atoms with Crippen LogP contribution in [0.15, 0.2) is 0 Å². The summed E-state index contributed by atoms with van der Waals surface area (Å²) in [4.78, 5) is 0. The molecular weight excluding hydrogens is 282 g/mol. The topological polar surface area (TPSA) is 30.5 Å². The highest BCUT2D eigenvalue weighted by atomic mass is 32.2. The number of ether oxygens (including phenoxy) is 2. The monoisotopic (exact) mass is 315 g/mol. The molecule has 2 saturated heterocycles. The molecule has 0 amide bonds. The fourth-order valence-electron chi connectivity index (χ4n) is 3.88. The molecule has 0 aromatic rings. The lowest BCUT2D eigenvalue weighted by molar-refractivity contribution is -0.0956. The molecule has 0 saturated carbocycles. The van der Waals surface area contributed by atoms with Gasteiger partial charge in [-0.1, -0.05) is 20.3 Å². The van der Waals surface area contributed by atoms with E-state index in [0.717, 1.165) is 19.6 Å². The smallest absolute Gasteiger partial charge is 0.0783 e. The molecule has 4 unspecified atom stereocenters. The van der Waals surface area contributed by atoms with Crippen molar-refractivity contribution in [3.63, 3.8) is 0 Å². The molecule has 0 bridgehead atoms. The Hall–Kier alpha value is 0.230. The Kier molecular flexibility index (Phi) is 7.33. The van der Waals surface area contributed by atoms with E-state index in [2.05, 4.69) is 30.9 Å². The average molecular weight is 316 g/mol. The molecule has 21 heavy (non-hydrogen) atoms. The van der Waals surface area contributed by atoms with Gasteiger partial charge >= 0.3 is 0 Å². The lowest BCUT2D eigenvalue weighted by Crippen LogP contribution is -2.52. The summed E-state index contributed by atoms with van der Waals surface area (Å²) < 4.78 is 12.0. The highest BCUT2D eigenvalue weighted by Gasteiger charge is 2.43. The van der Waals surface area contributed by atoms with E-state index in [4.69, 9.17) is 9.47 Å². The third-order valence-corrected chi connectivity index (χ3v) is 6.24. The summed E-state index contributed by atoms with van der Waals surface area (Å²) in [6.45, 7) is 6.51. The summed E-state index contributed by atoms with van der Waals surface area (Å²) in [5, 5.41) is 3.79. The van der Waals surface area contributed by atoms with Crippen molar-refractivity contribution in [1.82, 2.24) is 5.32 Å². The lowest BCUT2D eigenvalue weighted by Gasteiger charge is -2.43. The molecule has 124 valence electrons. The number of hydrogen-bond donors (Lipinski definition) is 1. The molecular formula is C17H33NO2S. The van der Waals surface area contributed by atoms with Crippen LogP contribution in [-0.4, -0.2) is 49.5 Å². The Morgan fingerprint density at radius 2 is 2.24 bits per heavy atom. The normalized spacial score (nSPS) is 32.4. The molecule has 4 heteroatoms. The van der Waals surface area contributed by atoms with Crippen molar-refractivity contribution < 1.29 is 9.47 Å². The fourth-order valence-corrected chi connectivity index (χ4v) is 5.25. The van der Waals surface area contributed by atoms with E-state index in [0.29, 0.717) is 18.1 Å². The molecule has 2 rings (SSSR count). The molecule has 2 aliphatic rings. The van der Waals surface area contributed by atoms with Crippen LogP contribution in [0.25, 0.3) is 0 Å². The molecule has 0 radical (unpaired) electrons. The SMILES string of the molecule is CCCNC(C1CCOC2(CCSC2)C1)C(CCC)OC. The van der Waals surface area contributed by atoms with Gasteiger partial charge in [0.2, 0.25) is 0 Å². The van der Waals surface area contributed by atoms with Crippen molar-refractivity contribution in [2.45, 2.75) is 70.1 Å². The predicted molar refractivity (Wildman–Crippen MR) is 91.1 cm³/mol. The molecule has 2 fully saturated rings. The minimum absolute atomic E-state index is 0.171. The van der Waals surface area contributed by atoms with Crippen LogP contribution < -0.4 is 5.32 Å². The zero-order valence-corrected chi connectivity index (χ0v) is 14.8. The molecule has 0 aliphatic carbocycles. The van der Waals surface area contributed by atoms with Gasteiger partial charge in [-0.05, 0) is 50.3 Å². The number of hydrogen-bond acceptors (Lipinski definition) is 4. The van der Waals surface area contributed by atoms with Crippen molar-refractivity contribution in [2.24, 2.45) is 5.92 Å². The van der Waals surface area contributed by atoms with Gasteiger partial charge in [0.25, 0.3) is 0 Å². The van der Waals surface area contributed by atoms with Crippen LogP contribution in [0.1, 0.15) is 52.4 Å². The van der Waals surface area contributed by atoms with Crippen LogP contribution in [0.2, 0.25) is 0 Å². The summed E-state index contributed by atoms with van der Waals surface area (Å²) in [5.74, 6) is 3.15. The van der Waals surface area contributed by atoms with Crippen LogP contribution >= 0.6 is 11.8 Å². The van der Waals surface area contributed by atoms with Crippen molar-refractivity contribution in [3.8, 4) is 0 Å². The van der Waals surface area contributed by atoms with Gasteiger partial charge in [-0.15, -0.1) is 0 Å². The summed E-state index contributed by atoms with van der Waals surface area (Å²) in [6.07, 6.45) is 7.49. The van der Waals surface area contributed by atoms with E-state index >= 15 is 0 Å². The fraction of sp³-hybridized carbons (Fsp3) is 1.00. The zero-order chi connectivity index (χ0) is 15.1. The van der Waals surface area contributed by atoms with Gasteiger partial charge in [0, 0.05) is 25.5 Å². The maximum atomic E-state index is 6.20. The van der Waals surface area contributed by atoms with Gasteiger partial charge in [-0.2, -0.15) is 11.8 Å². The third kappa shape index (κ3) is 4.60. The van der Waals surface area contributed by atoms with Crippen molar-refractivity contribution in [2.75, 3.05) is 31.8 Å². The largest absolute Gasteiger partial charge is 0.380 e. The van der Waals surface area contributed by atoms with Crippen molar-refractivity contribution >= 4 is 11.8 Å². The summed E-state index contributed by atoms with van der Waals surface area (Å²) >= 11 is 2.06. The number of rotatable bonds is 8. The second-order valence-corrected chi connectivity index (χ2v) is 7.73. The molecule has 0 aromatic carbocycles. The van der Waals surface area contributed by atoms with Crippen molar-refractivity contribution in [3.05, 3.63) is 0 Å². The Labute approximate surface area is 134 Å². The Balaban J connectivity index is 2.03. The standard InChI is InChI=1S/C17H33NO2S/c1-4-6-15(19-3)16(18-9-5-2)14-7-10-20-17(12-14)8-11-21-13-17/h14-16,18H,4-13H2,1-3H3. The zero-order valence-electron chi connectivity index (χ0n) is 14.0. The van der Waals surface area contributed by atoms with E-state index < -0.39 is 0 Å². The van der Waals surface area contributed by atoms with Crippen molar-refractivity contribution in [1.29, 1.82) is 0 Å². The van der Waals surface area contributed by atoms with E-state index in [9.17, 15) is 0 Å². The lowest BCUT2D eigenvalue weighted by atomic mass is 9.78. The van der Waals surface area contributed by atoms with E-state index in [-0.39, 0.29) is 5.60 Å². The number of thioether (sulfide) groups is 1. The third-order valence-electron chi connectivity index (χ3n) is 5.01. The number of nitrogens with one attached hydrogen (secondary N) is 1. The maximum absolute atomic E-state index is 6.20. The van der Waals surface area contributed by atoms with Crippen LogP contribution in [0.3, 0.4) is 0 Å². The molecule has 1 spiro atoms. The van der Waals surface area contributed by atoms with Gasteiger partial charge in [0.1, 0.15) is 0 Å². The molecule has 1 N–H and O–H groups in total. The Morgan fingerprint density at radius 3 is 2.86 bits per heavy atom. The molecule has 4 atom stereocenters. The van der Waals surface area contributed by atoms with Gasteiger partial charge in [0.15, 0.2) is 0 Å². The van der Waals surface area contributed by atoms with Gasteiger partial charge in [-0.3, -0.25) is 0 Å². The maximum Gasteiger partial charge on any atom is 0.0783 e. The Bertz CT molecular complexity index is 295. The molecule has 3 nitrogen and oxygen atoms in total. The predicted octanol–water partition coefficient (Wildman–Crippen LogP) is 3.47. The first kappa shape index (κ1) is 17.6. The van der Waals surface area contributed by atoms with Gasteiger partial charge in [0.05, 0.1) is 11.7 Å². The van der Waals surface area contributed by atoms with E-state index in [1.54, 1.807) is 0 Å². The molecule has 0 aromatic heterocycles. The minimum atomic E-state index is 0.171. The second-order valence-electron chi connectivity index (χ2n) is 6.63. The highest BCUT2D eigenvalue weighted by Crippen LogP contribution is 2.42. The average Bonchev–Trinajstić information content (AvgIpc) is 2.94. The van der Waals surface area contributed by atoms with Gasteiger partial charge in [-0.25, -0.2) is 0 Å². The van der Waals surface area contributed by atoms with Crippen LogP contribution in [-0.2, 0) is 9.47 Å². The molecule has 2 aliphatic heterocycles.